The lowest BCUT2D eigenvalue weighted by molar-refractivity contribution is -0.157. The van der Waals surface area contributed by atoms with Gasteiger partial charge in [-0.05, 0) is 32.6 Å². The Morgan fingerprint density at radius 1 is 0.952 bits per heavy atom. The first-order chi connectivity index (χ1) is 9.81. The van der Waals surface area contributed by atoms with E-state index in [1.807, 2.05) is 13.8 Å². The predicted octanol–water partition coefficient (Wildman–Crippen LogP) is 3.51. The van der Waals surface area contributed by atoms with Crippen LogP contribution in [0.1, 0.15) is 72.1 Å². The molecule has 5 nitrogen and oxygen atoms in total. The topological polar surface area (TPSA) is 91.7 Å². The molecule has 0 aliphatic rings. The number of ketones is 1. The van der Waals surface area contributed by atoms with Crippen molar-refractivity contribution in [2.24, 2.45) is 11.3 Å². The summed E-state index contributed by atoms with van der Waals surface area (Å²) in [4.78, 5) is 33.9. The number of rotatable bonds is 12. The fraction of sp³-hybridized carbons (Fsp3) is 0.812. The number of carbonyl (C=O) groups is 3. The summed E-state index contributed by atoms with van der Waals surface area (Å²) in [7, 11) is 0. The fourth-order valence-electron chi connectivity index (χ4n) is 3.04. The molecule has 0 fully saturated rings. The minimum atomic E-state index is -0.965. The molecule has 0 aliphatic carbocycles. The van der Waals surface area contributed by atoms with Gasteiger partial charge in [0.15, 0.2) is 0 Å². The van der Waals surface area contributed by atoms with E-state index in [0.717, 1.165) is 19.3 Å². The van der Waals surface area contributed by atoms with E-state index < -0.39 is 23.3 Å². The maximum absolute atomic E-state index is 11.9. The summed E-state index contributed by atoms with van der Waals surface area (Å²) < 4.78 is 0. The van der Waals surface area contributed by atoms with E-state index in [9.17, 15) is 19.5 Å². The number of Topliss-reactive ketones (excluding diaryl/α,β-unsaturated/α-hetero) is 1. The summed E-state index contributed by atoms with van der Waals surface area (Å²) >= 11 is 0. The van der Waals surface area contributed by atoms with E-state index in [0.29, 0.717) is 25.7 Å². The Kier molecular flexibility index (Phi) is 8.90. The van der Waals surface area contributed by atoms with Gasteiger partial charge >= 0.3 is 11.9 Å². The van der Waals surface area contributed by atoms with Crippen molar-refractivity contribution in [2.45, 2.75) is 72.1 Å². The van der Waals surface area contributed by atoms with Gasteiger partial charge in [-0.1, -0.05) is 33.1 Å². The Labute approximate surface area is 126 Å². The van der Waals surface area contributed by atoms with Crippen LogP contribution in [0.5, 0.6) is 0 Å². The highest BCUT2D eigenvalue weighted by Crippen LogP contribution is 2.39. The number of hydrogen-bond donors (Lipinski definition) is 2. The molecular formula is C16H28O5. The molecule has 0 aromatic heterocycles. The van der Waals surface area contributed by atoms with E-state index in [2.05, 4.69) is 0 Å². The average Bonchev–Trinajstić information content (AvgIpc) is 2.40. The van der Waals surface area contributed by atoms with Crippen LogP contribution in [0.2, 0.25) is 0 Å². The van der Waals surface area contributed by atoms with Gasteiger partial charge in [-0.3, -0.25) is 14.4 Å². The van der Waals surface area contributed by atoms with Crippen LogP contribution in [0.3, 0.4) is 0 Å². The third-order valence-electron chi connectivity index (χ3n) is 4.48. The van der Waals surface area contributed by atoms with Crippen molar-refractivity contribution >= 4 is 17.7 Å². The first kappa shape index (κ1) is 19.6. The van der Waals surface area contributed by atoms with Crippen molar-refractivity contribution in [3.63, 3.8) is 0 Å². The second-order valence-corrected chi connectivity index (χ2v) is 5.68. The monoisotopic (exact) mass is 300 g/mol. The van der Waals surface area contributed by atoms with Gasteiger partial charge in [-0.2, -0.15) is 0 Å². The van der Waals surface area contributed by atoms with Crippen LogP contribution in [0.25, 0.3) is 0 Å². The van der Waals surface area contributed by atoms with Crippen LogP contribution >= 0.6 is 0 Å². The molecule has 0 saturated heterocycles. The summed E-state index contributed by atoms with van der Waals surface area (Å²) in [6, 6.07) is 0. The summed E-state index contributed by atoms with van der Waals surface area (Å²) in [5.74, 6) is -2.20. The van der Waals surface area contributed by atoms with Crippen molar-refractivity contribution in [1.82, 2.24) is 0 Å². The van der Waals surface area contributed by atoms with Crippen LogP contribution in [-0.2, 0) is 14.4 Å². The molecule has 0 saturated carbocycles. The minimum absolute atomic E-state index is 0.0633. The van der Waals surface area contributed by atoms with E-state index in [1.165, 1.54) is 6.92 Å². The van der Waals surface area contributed by atoms with Crippen molar-refractivity contribution in [3.8, 4) is 0 Å². The van der Waals surface area contributed by atoms with Gasteiger partial charge in [0, 0.05) is 12.3 Å². The van der Waals surface area contributed by atoms with Crippen molar-refractivity contribution < 1.29 is 24.6 Å². The summed E-state index contributed by atoms with van der Waals surface area (Å²) in [6.07, 6.45) is 4.65. The molecule has 0 rings (SSSR count). The molecule has 21 heavy (non-hydrogen) atoms. The van der Waals surface area contributed by atoms with Crippen molar-refractivity contribution in [3.05, 3.63) is 0 Å². The molecule has 0 heterocycles. The van der Waals surface area contributed by atoms with E-state index >= 15 is 0 Å². The molecule has 0 amide bonds. The smallest absolute Gasteiger partial charge is 0.310 e. The molecule has 5 heteroatoms. The molecule has 0 radical (unpaired) electrons. The van der Waals surface area contributed by atoms with E-state index in [-0.39, 0.29) is 12.2 Å². The number of aliphatic carboxylic acids is 2. The Balaban J connectivity index is 4.52. The standard InChI is InChI=1S/C16H28O5/c1-4-16(5-2,15(20)21)13(12(3)17)10-8-6-7-9-11-14(18)19/h13H,4-11H2,1-3H3,(H,18,19)(H,20,21). The average molecular weight is 300 g/mol. The van der Waals surface area contributed by atoms with Crippen molar-refractivity contribution in [2.75, 3.05) is 0 Å². The zero-order valence-electron chi connectivity index (χ0n) is 13.4. The van der Waals surface area contributed by atoms with E-state index in [4.69, 9.17) is 5.11 Å². The van der Waals surface area contributed by atoms with Gasteiger partial charge in [0.25, 0.3) is 0 Å². The van der Waals surface area contributed by atoms with Gasteiger partial charge in [-0.15, -0.1) is 0 Å². The maximum Gasteiger partial charge on any atom is 0.310 e. The van der Waals surface area contributed by atoms with Crippen LogP contribution in [0.15, 0.2) is 0 Å². The van der Waals surface area contributed by atoms with Gasteiger partial charge in [0.1, 0.15) is 5.78 Å². The van der Waals surface area contributed by atoms with Crippen molar-refractivity contribution in [1.29, 1.82) is 0 Å². The molecule has 0 aliphatic heterocycles. The second kappa shape index (κ2) is 9.53. The normalized spacial score (nSPS) is 12.9. The summed E-state index contributed by atoms with van der Waals surface area (Å²) in [5.41, 5.74) is -0.965. The molecule has 122 valence electrons. The van der Waals surface area contributed by atoms with Crippen LogP contribution in [0.4, 0.5) is 0 Å². The van der Waals surface area contributed by atoms with Crippen LogP contribution in [-0.4, -0.2) is 27.9 Å². The number of unbranched alkanes of at least 4 members (excludes halogenated alkanes) is 3. The zero-order chi connectivity index (χ0) is 16.5. The molecular weight excluding hydrogens is 272 g/mol. The molecule has 2 N–H and O–H groups in total. The Bertz CT molecular complexity index is 358. The third-order valence-corrected chi connectivity index (χ3v) is 4.48. The molecule has 1 unspecified atom stereocenters. The maximum atomic E-state index is 11.9. The summed E-state index contributed by atoms with van der Waals surface area (Å²) in [5, 5.41) is 18.1. The second-order valence-electron chi connectivity index (χ2n) is 5.68. The highest BCUT2D eigenvalue weighted by atomic mass is 16.4. The number of hydrogen-bond acceptors (Lipinski definition) is 3. The Hall–Kier alpha value is -1.39. The largest absolute Gasteiger partial charge is 0.481 e. The summed E-state index contributed by atoms with van der Waals surface area (Å²) in [6.45, 7) is 5.11. The van der Waals surface area contributed by atoms with Gasteiger partial charge in [0.05, 0.1) is 5.41 Å². The molecule has 0 bridgehead atoms. The third kappa shape index (κ3) is 5.86. The lowest BCUT2D eigenvalue weighted by Crippen LogP contribution is -2.41. The first-order valence-electron chi connectivity index (χ1n) is 7.77. The van der Waals surface area contributed by atoms with E-state index in [1.54, 1.807) is 0 Å². The molecule has 0 spiro atoms. The molecule has 0 aromatic rings. The zero-order valence-corrected chi connectivity index (χ0v) is 13.4. The van der Waals surface area contributed by atoms with Gasteiger partial charge in [-0.25, -0.2) is 0 Å². The quantitative estimate of drug-likeness (QED) is 0.538. The van der Waals surface area contributed by atoms with Gasteiger partial charge in [0.2, 0.25) is 0 Å². The van der Waals surface area contributed by atoms with Crippen LogP contribution < -0.4 is 0 Å². The lowest BCUT2D eigenvalue weighted by Gasteiger charge is -2.34. The molecule has 0 aromatic carbocycles. The Morgan fingerprint density at radius 2 is 1.48 bits per heavy atom. The lowest BCUT2D eigenvalue weighted by atomic mass is 9.67. The molecule has 1 atom stereocenters. The predicted molar refractivity (Wildman–Crippen MR) is 80.2 cm³/mol. The number of carboxylic acid groups (broad SMARTS) is 2. The van der Waals surface area contributed by atoms with Gasteiger partial charge < -0.3 is 10.2 Å². The first-order valence-corrected chi connectivity index (χ1v) is 7.77. The fourth-order valence-corrected chi connectivity index (χ4v) is 3.04. The highest BCUT2D eigenvalue weighted by molar-refractivity contribution is 5.87. The Morgan fingerprint density at radius 3 is 1.86 bits per heavy atom. The van der Waals surface area contributed by atoms with Crippen LogP contribution in [0, 0.1) is 11.3 Å². The number of carboxylic acids is 2. The SMILES string of the molecule is CCC(CC)(C(=O)O)C(CCCCCCC(=O)O)C(C)=O. The minimum Gasteiger partial charge on any atom is -0.481 e. The highest BCUT2D eigenvalue weighted by Gasteiger charge is 2.44. The number of carbonyl (C=O) groups excluding carboxylic acids is 1.